The summed E-state index contributed by atoms with van der Waals surface area (Å²) >= 11 is 0. The smallest absolute Gasteiger partial charge is 0.240 e. The van der Waals surface area contributed by atoms with Crippen LogP contribution in [0.5, 0.6) is 0 Å². The van der Waals surface area contributed by atoms with E-state index in [0.29, 0.717) is 5.92 Å². The highest BCUT2D eigenvalue weighted by atomic mass is 16.2. The fourth-order valence-corrected chi connectivity index (χ4v) is 1.81. The number of nitrogens with two attached hydrogens (primary N) is 1. The zero-order chi connectivity index (χ0) is 12.2. The topological polar surface area (TPSA) is 58.4 Å². The minimum atomic E-state index is -0.651. The monoisotopic (exact) mass is 227 g/mol. The number of carbonyl (C=O) groups is 1. The Morgan fingerprint density at radius 3 is 2.56 bits per heavy atom. The van der Waals surface area contributed by atoms with Crippen molar-refractivity contribution in [3.05, 3.63) is 0 Å². The molecule has 1 atom stereocenters. The number of amides is 1. The predicted octanol–water partition coefficient (Wildman–Crippen LogP) is 0.572. The molecule has 1 unspecified atom stereocenters. The number of hydrogen-bond acceptors (Lipinski definition) is 3. The zero-order valence-electron chi connectivity index (χ0n) is 10.8. The van der Waals surface area contributed by atoms with Gasteiger partial charge in [0.1, 0.15) is 0 Å². The molecule has 0 spiro atoms. The molecule has 3 N–H and O–H groups in total. The van der Waals surface area contributed by atoms with Crippen LogP contribution in [0.25, 0.3) is 0 Å². The highest BCUT2D eigenvalue weighted by Crippen LogP contribution is 2.38. The van der Waals surface area contributed by atoms with Gasteiger partial charge in [-0.05, 0) is 59.2 Å². The van der Waals surface area contributed by atoms with E-state index in [1.807, 2.05) is 6.92 Å². The van der Waals surface area contributed by atoms with Crippen LogP contribution in [0, 0.1) is 5.92 Å². The van der Waals surface area contributed by atoms with E-state index in [9.17, 15) is 4.79 Å². The second kappa shape index (κ2) is 5.64. The number of rotatable bonds is 7. The molecule has 1 saturated carbocycles. The molecular weight excluding hydrogens is 202 g/mol. The van der Waals surface area contributed by atoms with Crippen molar-refractivity contribution < 1.29 is 4.79 Å². The summed E-state index contributed by atoms with van der Waals surface area (Å²) in [4.78, 5) is 13.9. The maximum Gasteiger partial charge on any atom is 0.240 e. The van der Waals surface area contributed by atoms with Gasteiger partial charge in [-0.25, -0.2) is 0 Å². The first kappa shape index (κ1) is 13.5. The molecule has 1 aliphatic carbocycles. The van der Waals surface area contributed by atoms with Crippen molar-refractivity contribution >= 4 is 5.91 Å². The first-order chi connectivity index (χ1) is 7.44. The number of carbonyl (C=O) groups excluding carboxylic acids is 1. The number of hydrogen-bond donors (Lipinski definition) is 2. The maximum atomic E-state index is 11.8. The lowest BCUT2D eigenvalue weighted by molar-refractivity contribution is -0.126. The fraction of sp³-hybridized carbons (Fsp3) is 0.917. The van der Waals surface area contributed by atoms with Crippen LogP contribution < -0.4 is 11.1 Å². The fourth-order valence-electron chi connectivity index (χ4n) is 1.81. The van der Waals surface area contributed by atoms with Crippen molar-refractivity contribution in [3.8, 4) is 0 Å². The predicted molar refractivity (Wildman–Crippen MR) is 66.1 cm³/mol. The van der Waals surface area contributed by atoms with Crippen LogP contribution in [0.2, 0.25) is 0 Å². The van der Waals surface area contributed by atoms with Crippen LogP contribution in [-0.2, 0) is 4.79 Å². The van der Waals surface area contributed by atoms with Gasteiger partial charge in [-0.3, -0.25) is 4.79 Å². The molecule has 0 bridgehead atoms. The minimum absolute atomic E-state index is 0.0138. The van der Waals surface area contributed by atoms with Gasteiger partial charge in [0.25, 0.3) is 0 Å². The molecule has 0 heterocycles. The van der Waals surface area contributed by atoms with E-state index in [0.717, 1.165) is 38.8 Å². The molecular formula is C12H25N3O. The lowest BCUT2D eigenvalue weighted by atomic mass is 9.96. The van der Waals surface area contributed by atoms with Crippen molar-refractivity contribution in [2.75, 3.05) is 27.2 Å². The van der Waals surface area contributed by atoms with Crippen LogP contribution in [0.3, 0.4) is 0 Å². The molecule has 0 saturated heterocycles. The molecule has 0 aromatic carbocycles. The Balaban J connectivity index is 2.10. The zero-order valence-corrected chi connectivity index (χ0v) is 10.8. The summed E-state index contributed by atoms with van der Waals surface area (Å²) in [6.45, 7) is 3.66. The van der Waals surface area contributed by atoms with Crippen LogP contribution in [-0.4, -0.2) is 43.5 Å². The number of unbranched alkanes of at least 4 members (excludes halogenated alkanes) is 1. The van der Waals surface area contributed by atoms with Crippen LogP contribution in [0.4, 0.5) is 0 Å². The van der Waals surface area contributed by atoms with Gasteiger partial charge in [0, 0.05) is 6.54 Å². The number of nitrogens with zero attached hydrogens (tertiary/aromatic N) is 1. The lowest BCUT2D eigenvalue weighted by Crippen LogP contribution is -2.53. The molecule has 1 aliphatic rings. The van der Waals surface area contributed by atoms with Crippen LogP contribution >= 0.6 is 0 Å². The van der Waals surface area contributed by atoms with Gasteiger partial charge >= 0.3 is 0 Å². The van der Waals surface area contributed by atoms with E-state index in [1.54, 1.807) is 0 Å². The SMILES string of the molecule is CN(C)CCCCNC(=O)C(C)(N)C1CC1. The second-order valence-electron chi connectivity index (χ2n) is 5.32. The van der Waals surface area contributed by atoms with Crippen molar-refractivity contribution in [2.24, 2.45) is 11.7 Å². The average molecular weight is 227 g/mol. The van der Waals surface area contributed by atoms with Gasteiger partial charge in [0.2, 0.25) is 5.91 Å². The summed E-state index contributed by atoms with van der Waals surface area (Å²) in [5.41, 5.74) is 5.36. The van der Waals surface area contributed by atoms with Crippen molar-refractivity contribution in [1.29, 1.82) is 0 Å². The quantitative estimate of drug-likeness (QED) is 0.625. The third-order valence-electron chi connectivity index (χ3n) is 3.23. The van der Waals surface area contributed by atoms with Crippen molar-refractivity contribution in [3.63, 3.8) is 0 Å². The van der Waals surface area contributed by atoms with Gasteiger partial charge < -0.3 is 16.0 Å². The molecule has 4 heteroatoms. The molecule has 0 aromatic heterocycles. The van der Waals surface area contributed by atoms with Gasteiger partial charge in [-0.1, -0.05) is 0 Å². The number of nitrogens with one attached hydrogen (secondary N) is 1. The van der Waals surface area contributed by atoms with Gasteiger partial charge in [-0.2, -0.15) is 0 Å². The largest absolute Gasteiger partial charge is 0.355 e. The summed E-state index contributed by atoms with van der Waals surface area (Å²) in [6.07, 6.45) is 4.32. The summed E-state index contributed by atoms with van der Waals surface area (Å²) < 4.78 is 0. The summed E-state index contributed by atoms with van der Waals surface area (Å²) in [5.74, 6) is 0.411. The van der Waals surface area contributed by atoms with Gasteiger partial charge in [0.05, 0.1) is 5.54 Å². The van der Waals surface area contributed by atoms with Crippen LogP contribution in [0.1, 0.15) is 32.6 Å². The Labute approximate surface area is 98.6 Å². The average Bonchev–Trinajstić information content (AvgIpc) is 2.99. The van der Waals surface area contributed by atoms with E-state index in [-0.39, 0.29) is 5.91 Å². The van der Waals surface area contributed by atoms with E-state index >= 15 is 0 Å². The summed E-state index contributed by atoms with van der Waals surface area (Å²) in [5, 5.41) is 2.94. The first-order valence-electron chi connectivity index (χ1n) is 6.16. The van der Waals surface area contributed by atoms with E-state index < -0.39 is 5.54 Å². The normalized spacial score (nSPS) is 19.6. The van der Waals surface area contributed by atoms with Crippen molar-refractivity contribution in [2.45, 2.75) is 38.1 Å². The van der Waals surface area contributed by atoms with Crippen LogP contribution in [0.15, 0.2) is 0 Å². The Morgan fingerprint density at radius 1 is 1.44 bits per heavy atom. The van der Waals surface area contributed by atoms with E-state index in [4.69, 9.17) is 5.73 Å². The molecule has 16 heavy (non-hydrogen) atoms. The summed E-state index contributed by atoms with van der Waals surface area (Å²) in [6, 6.07) is 0. The molecule has 94 valence electrons. The van der Waals surface area contributed by atoms with Crippen molar-refractivity contribution in [1.82, 2.24) is 10.2 Å². The lowest BCUT2D eigenvalue weighted by Gasteiger charge is -2.23. The molecule has 1 fully saturated rings. The molecule has 4 nitrogen and oxygen atoms in total. The summed E-state index contributed by atoms with van der Waals surface area (Å²) in [7, 11) is 4.12. The highest BCUT2D eigenvalue weighted by Gasteiger charge is 2.43. The third kappa shape index (κ3) is 4.10. The van der Waals surface area contributed by atoms with E-state index in [1.165, 1.54) is 0 Å². The Kier molecular flexibility index (Phi) is 4.74. The molecule has 1 amide bonds. The van der Waals surface area contributed by atoms with E-state index in [2.05, 4.69) is 24.3 Å². The molecule has 0 aromatic rings. The standard InChI is InChI=1S/C12H25N3O/c1-12(13,10-6-7-10)11(16)14-8-4-5-9-15(2)3/h10H,4-9,13H2,1-3H3,(H,14,16). The first-order valence-corrected chi connectivity index (χ1v) is 6.16. The Morgan fingerprint density at radius 2 is 2.06 bits per heavy atom. The van der Waals surface area contributed by atoms with Gasteiger partial charge in [0.15, 0.2) is 0 Å². The molecule has 0 aliphatic heterocycles. The third-order valence-corrected chi connectivity index (χ3v) is 3.23. The Hall–Kier alpha value is -0.610. The molecule has 0 radical (unpaired) electrons. The minimum Gasteiger partial charge on any atom is -0.355 e. The molecule has 1 rings (SSSR count). The maximum absolute atomic E-state index is 11.8. The Bertz CT molecular complexity index is 234. The second-order valence-corrected chi connectivity index (χ2v) is 5.32. The highest BCUT2D eigenvalue weighted by molar-refractivity contribution is 5.86. The van der Waals surface area contributed by atoms with Gasteiger partial charge in [-0.15, -0.1) is 0 Å².